The highest BCUT2D eigenvalue weighted by Gasteiger charge is 2.39. The molecule has 3 rings (SSSR count). The molecule has 1 unspecified atom stereocenters. The second kappa shape index (κ2) is 9.81. The van der Waals surface area contributed by atoms with Crippen molar-refractivity contribution < 1.29 is 9.53 Å². The zero-order valence-electron chi connectivity index (χ0n) is 19.7. The Morgan fingerprint density at radius 2 is 1.83 bits per heavy atom. The first-order valence-corrected chi connectivity index (χ1v) is 11.6. The lowest BCUT2D eigenvalue weighted by molar-refractivity contribution is 0.0894. The van der Waals surface area contributed by atoms with Gasteiger partial charge in [-0.1, -0.05) is 36.6 Å². The van der Waals surface area contributed by atoms with Gasteiger partial charge in [-0.05, 0) is 107 Å². The topological polar surface area (TPSA) is 26.3 Å². The second-order valence-electron chi connectivity index (χ2n) is 9.51. The first-order chi connectivity index (χ1) is 14.3. The lowest BCUT2D eigenvalue weighted by atomic mass is 9.87. The summed E-state index contributed by atoms with van der Waals surface area (Å²) in [6.45, 7) is 13.2. The Bertz CT molecular complexity index is 888. The smallest absolute Gasteiger partial charge is 0.167 e. The van der Waals surface area contributed by atoms with Crippen molar-refractivity contribution in [2.45, 2.75) is 80.1 Å². The summed E-state index contributed by atoms with van der Waals surface area (Å²) < 4.78 is 6.23. The minimum absolute atomic E-state index is 0.201. The molecule has 0 aliphatic heterocycles. The number of ether oxygens (including phenoxy) is 1. The highest BCUT2D eigenvalue weighted by Crippen LogP contribution is 2.42. The fraction of sp³-hybridized carbons (Fsp3) is 0.536. The molecule has 0 spiro atoms. The molecule has 162 valence electrons. The number of Topliss-reactive ketones (excluding diaryl/α,β-unsaturated/α-hetero) is 1. The van der Waals surface area contributed by atoms with Gasteiger partial charge in [-0.3, -0.25) is 4.79 Å². The number of carbonyl (C=O) groups excluding carboxylic acids is 1. The van der Waals surface area contributed by atoms with Gasteiger partial charge in [0.1, 0.15) is 12.4 Å². The first kappa shape index (κ1) is 22.6. The average molecular weight is 407 g/mol. The van der Waals surface area contributed by atoms with Gasteiger partial charge >= 0.3 is 0 Å². The molecule has 0 bridgehead atoms. The number of allylic oxidation sites excluding steroid dienone is 5. The minimum atomic E-state index is 0.201. The molecule has 1 aromatic rings. The predicted molar refractivity (Wildman–Crippen MR) is 126 cm³/mol. The molecule has 0 saturated heterocycles. The van der Waals surface area contributed by atoms with Gasteiger partial charge in [-0.15, -0.1) is 0 Å². The molecule has 2 aliphatic carbocycles. The largest absolute Gasteiger partial charge is 0.489 e. The van der Waals surface area contributed by atoms with Gasteiger partial charge in [0, 0.05) is 11.5 Å². The van der Waals surface area contributed by atoms with Crippen LogP contribution in [0.4, 0.5) is 0 Å². The zero-order chi connectivity index (χ0) is 21.8. The van der Waals surface area contributed by atoms with Gasteiger partial charge < -0.3 is 4.74 Å². The van der Waals surface area contributed by atoms with Crippen LogP contribution in [0.2, 0.25) is 0 Å². The molecule has 0 radical (unpaired) electrons. The van der Waals surface area contributed by atoms with Crippen molar-refractivity contribution in [2.24, 2.45) is 11.8 Å². The standard InChI is InChI=1S/C28H38O2/c1-7-22(14-18(2)3)13-12-19(4)17-30-26-16-24-15-25(23-10-8-9-11-23)28(29)27(24)21(6)20(26)5/h7,12,14,16,23,25H,8-11,13,15,17H2,1-6H3/b19-12+,22-7-. The van der Waals surface area contributed by atoms with Crippen molar-refractivity contribution in [3.8, 4) is 5.75 Å². The molecule has 0 N–H and O–H groups in total. The van der Waals surface area contributed by atoms with E-state index in [4.69, 9.17) is 4.74 Å². The molecule has 1 aromatic carbocycles. The summed E-state index contributed by atoms with van der Waals surface area (Å²) in [4.78, 5) is 13.1. The van der Waals surface area contributed by atoms with Crippen molar-refractivity contribution in [3.63, 3.8) is 0 Å². The summed E-state index contributed by atoms with van der Waals surface area (Å²) in [7, 11) is 0. The van der Waals surface area contributed by atoms with Gasteiger partial charge in [0.05, 0.1) is 0 Å². The van der Waals surface area contributed by atoms with E-state index >= 15 is 0 Å². The van der Waals surface area contributed by atoms with E-state index in [1.54, 1.807) is 0 Å². The van der Waals surface area contributed by atoms with E-state index in [-0.39, 0.29) is 5.92 Å². The Kier molecular flexibility index (Phi) is 7.39. The fourth-order valence-corrected chi connectivity index (χ4v) is 5.03. The van der Waals surface area contributed by atoms with E-state index in [1.807, 2.05) is 0 Å². The van der Waals surface area contributed by atoms with E-state index in [1.165, 1.54) is 48.0 Å². The Labute approximate surface area is 183 Å². The van der Waals surface area contributed by atoms with Crippen LogP contribution in [0.5, 0.6) is 5.75 Å². The van der Waals surface area contributed by atoms with Gasteiger partial charge in [0.2, 0.25) is 0 Å². The third-order valence-corrected chi connectivity index (χ3v) is 6.91. The Morgan fingerprint density at radius 3 is 2.47 bits per heavy atom. The second-order valence-corrected chi connectivity index (χ2v) is 9.51. The fourth-order valence-electron chi connectivity index (χ4n) is 5.03. The SMILES string of the molecule is C/C=C(\C=C(C)C)C/C=C(\C)COc1cc2c(c(C)c1C)C(=O)C(C1CCCC1)C2. The van der Waals surface area contributed by atoms with E-state index < -0.39 is 0 Å². The van der Waals surface area contributed by atoms with Gasteiger partial charge in [-0.2, -0.15) is 0 Å². The zero-order valence-corrected chi connectivity index (χ0v) is 19.7. The summed E-state index contributed by atoms with van der Waals surface area (Å²) in [6.07, 6.45) is 13.5. The average Bonchev–Trinajstić information content (AvgIpc) is 3.34. The first-order valence-electron chi connectivity index (χ1n) is 11.6. The van der Waals surface area contributed by atoms with Crippen LogP contribution in [0.1, 0.15) is 86.8 Å². The summed E-state index contributed by atoms with van der Waals surface area (Å²) in [5, 5.41) is 0. The maximum Gasteiger partial charge on any atom is 0.167 e. The van der Waals surface area contributed by atoms with E-state index in [0.717, 1.165) is 35.3 Å². The monoisotopic (exact) mass is 406 g/mol. The number of hydrogen-bond donors (Lipinski definition) is 0. The molecular formula is C28H38O2. The number of ketones is 1. The van der Waals surface area contributed by atoms with Crippen LogP contribution >= 0.6 is 0 Å². The van der Waals surface area contributed by atoms with Crippen LogP contribution in [-0.4, -0.2) is 12.4 Å². The van der Waals surface area contributed by atoms with Crippen molar-refractivity contribution in [1.29, 1.82) is 0 Å². The molecule has 1 atom stereocenters. The molecule has 1 saturated carbocycles. The third-order valence-electron chi connectivity index (χ3n) is 6.91. The maximum absolute atomic E-state index is 13.1. The van der Waals surface area contributed by atoms with Crippen LogP contribution in [0.15, 0.2) is 41.0 Å². The Hall–Kier alpha value is -2.09. The van der Waals surface area contributed by atoms with Crippen molar-refractivity contribution in [1.82, 2.24) is 0 Å². The van der Waals surface area contributed by atoms with E-state index in [9.17, 15) is 4.79 Å². The third kappa shape index (κ3) is 4.96. The number of benzene rings is 1. The molecule has 0 amide bonds. The van der Waals surface area contributed by atoms with Gasteiger partial charge in [-0.25, -0.2) is 0 Å². The summed E-state index contributed by atoms with van der Waals surface area (Å²) in [6, 6.07) is 2.15. The predicted octanol–water partition coefficient (Wildman–Crippen LogP) is 7.48. The number of carbonyl (C=O) groups is 1. The minimum Gasteiger partial charge on any atom is -0.489 e. The van der Waals surface area contributed by atoms with Crippen molar-refractivity contribution in [2.75, 3.05) is 6.61 Å². The van der Waals surface area contributed by atoms with Crippen LogP contribution in [-0.2, 0) is 6.42 Å². The summed E-state index contributed by atoms with van der Waals surface area (Å²) in [5.41, 5.74) is 8.30. The van der Waals surface area contributed by atoms with Crippen LogP contribution in [0.25, 0.3) is 0 Å². The normalized spacial score (nSPS) is 19.9. The van der Waals surface area contributed by atoms with Gasteiger partial charge in [0.15, 0.2) is 5.78 Å². The summed E-state index contributed by atoms with van der Waals surface area (Å²) >= 11 is 0. The van der Waals surface area contributed by atoms with Crippen LogP contribution in [0.3, 0.4) is 0 Å². The molecular weight excluding hydrogens is 368 g/mol. The summed E-state index contributed by atoms with van der Waals surface area (Å²) in [5.74, 6) is 2.11. The number of hydrogen-bond acceptors (Lipinski definition) is 2. The quantitative estimate of drug-likeness (QED) is 0.346. The van der Waals surface area contributed by atoms with Gasteiger partial charge in [0.25, 0.3) is 0 Å². The number of rotatable bonds is 7. The van der Waals surface area contributed by atoms with Crippen molar-refractivity contribution in [3.05, 3.63) is 63.3 Å². The molecule has 2 heteroatoms. The molecule has 30 heavy (non-hydrogen) atoms. The van der Waals surface area contributed by atoms with E-state index in [2.05, 4.69) is 65.8 Å². The molecule has 0 aromatic heterocycles. The molecule has 0 heterocycles. The molecule has 2 nitrogen and oxygen atoms in total. The number of fused-ring (bicyclic) bond motifs is 1. The Morgan fingerprint density at radius 1 is 1.13 bits per heavy atom. The molecule has 2 aliphatic rings. The van der Waals surface area contributed by atoms with E-state index in [0.29, 0.717) is 18.3 Å². The lowest BCUT2D eigenvalue weighted by Crippen LogP contribution is -2.18. The highest BCUT2D eigenvalue weighted by atomic mass is 16.5. The van der Waals surface area contributed by atoms with Crippen LogP contribution < -0.4 is 4.74 Å². The Balaban J connectivity index is 1.71. The molecule has 1 fully saturated rings. The van der Waals surface area contributed by atoms with Crippen molar-refractivity contribution >= 4 is 5.78 Å². The highest BCUT2D eigenvalue weighted by molar-refractivity contribution is 6.04. The van der Waals surface area contributed by atoms with Crippen LogP contribution in [0, 0.1) is 25.7 Å². The lowest BCUT2D eigenvalue weighted by Gasteiger charge is -2.16. The maximum atomic E-state index is 13.1.